The summed E-state index contributed by atoms with van der Waals surface area (Å²) in [4.78, 5) is 31.1. The molecule has 2 heterocycles. The van der Waals surface area contributed by atoms with Crippen molar-refractivity contribution in [2.24, 2.45) is 0 Å². The minimum atomic E-state index is -1.16. The molecular formula is C15H19N5O4S. The van der Waals surface area contributed by atoms with Crippen LogP contribution in [0.3, 0.4) is 0 Å². The third-order valence-corrected chi connectivity index (χ3v) is 3.73. The predicted octanol–water partition coefficient (Wildman–Crippen LogP) is 1.75. The van der Waals surface area contributed by atoms with Crippen LogP contribution in [0.2, 0.25) is 0 Å². The van der Waals surface area contributed by atoms with Gasteiger partial charge in [0.1, 0.15) is 5.60 Å². The van der Waals surface area contributed by atoms with Crippen LogP contribution in [-0.4, -0.2) is 43.8 Å². The van der Waals surface area contributed by atoms with Gasteiger partial charge in [0.05, 0.1) is 6.20 Å². The van der Waals surface area contributed by atoms with Crippen molar-refractivity contribution in [2.45, 2.75) is 32.9 Å². The molecule has 2 rings (SSSR count). The quantitative estimate of drug-likeness (QED) is 0.692. The van der Waals surface area contributed by atoms with Crippen molar-refractivity contribution in [3.8, 4) is 0 Å². The third kappa shape index (κ3) is 5.11. The van der Waals surface area contributed by atoms with Crippen molar-refractivity contribution in [1.29, 1.82) is 5.41 Å². The summed E-state index contributed by atoms with van der Waals surface area (Å²) in [7, 11) is 0. The highest BCUT2D eigenvalue weighted by Gasteiger charge is 2.15. The number of carboxylic acid groups (broad SMARTS) is 1. The number of carbonyl (C=O) groups excluding carboxylic acids is 1. The Morgan fingerprint density at radius 3 is 2.80 bits per heavy atom. The Labute approximate surface area is 147 Å². The zero-order valence-corrected chi connectivity index (χ0v) is 14.9. The molecule has 0 fully saturated rings. The molecule has 0 radical (unpaired) electrons. The first kappa shape index (κ1) is 18.6. The Morgan fingerprint density at radius 1 is 1.44 bits per heavy atom. The highest BCUT2D eigenvalue weighted by atomic mass is 32.1. The molecule has 2 aromatic rings. The Morgan fingerprint density at radius 2 is 2.16 bits per heavy atom. The summed E-state index contributed by atoms with van der Waals surface area (Å²) in [5.41, 5.74) is -0.255. The summed E-state index contributed by atoms with van der Waals surface area (Å²) in [5, 5.41) is 19.5. The number of allylic oxidation sites excluding steroid dienone is 1. The van der Waals surface area contributed by atoms with Gasteiger partial charge in [0, 0.05) is 13.1 Å². The number of nitrogens with zero attached hydrogens (tertiary/aromatic N) is 3. The van der Waals surface area contributed by atoms with E-state index in [1.54, 1.807) is 37.5 Å². The fourth-order valence-corrected chi connectivity index (χ4v) is 2.71. The molecule has 25 heavy (non-hydrogen) atoms. The van der Waals surface area contributed by atoms with Crippen LogP contribution in [0, 0.1) is 5.41 Å². The van der Waals surface area contributed by atoms with Crippen LogP contribution < -0.4 is 10.1 Å². The largest absolute Gasteiger partial charge is 0.476 e. The van der Waals surface area contributed by atoms with E-state index in [9.17, 15) is 9.59 Å². The highest BCUT2D eigenvalue weighted by Crippen LogP contribution is 2.12. The molecule has 0 aromatic carbocycles. The van der Waals surface area contributed by atoms with Gasteiger partial charge < -0.3 is 15.2 Å². The maximum atomic E-state index is 11.5. The molecule has 0 saturated heterocycles. The fraction of sp³-hybridized carbons (Fsp3) is 0.400. The number of nitrogens with one attached hydrogen (secondary N) is 2. The van der Waals surface area contributed by atoms with Crippen LogP contribution in [0.15, 0.2) is 18.3 Å². The molecule has 134 valence electrons. The molecule has 0 spiro atoms. The van der Waals surface area contributed by atoms with Crippen LogP contribution in [0.4, 0.5) is 4.79 Å². The van der Waals surface area contributed by atoms with E-state index in [-0.39, 0.29) is 10.5 Å². The third-order valence-electron chi connectivity index (χ3n) is 2.85. The van der Waals surface area contributed by atoms with Gasteiger partial charge in [0.2, 0.25) is 0 Å². The zero-order valence-electron chi connectivity index (χ0n) is 14.1. The molecule has 0 atom stereocenters. The number of hydrogen-bond acceptors (Lipinski definition) is 7. The number of aromatic carboxylic acids is 1. The maximum Gasteiger partial charge on any atom is 0.407 e. The predicted molar refractivity (Wildman–Crippen MR) is 91.6 cm³/mol. The Kier molecular flexibility index (Phi) is 5.52. The summed E-state index contributed by atoms with van der Waals surface area (Å²) in [5.74, 6) is -1.16. The van der Waals surface area contributed by atoms with Crippen molar-refractivity contribution < 1.29 is 19.4 Å². The first-order valence-corrected chi connectivity index (χ1v) is 8.25. The lowest BCUT2D eigenvalue weighted by Gasteiger charge is -2.19. The topological polar surface area (TPSA) is 130 Å². The minimum absolute atomic E-state index is 0.155. The van der Waals surface area contributed by atoms with Gasteiger partial charge >= 0.3 is 12.1 Å². The Balaban J connectivity index is 1.99. The lowest BCUT2D eigenvalue weighted by atomic mass is 10.2. The summed E-state index contributed by atoms with van der Waals surface area (Å²) >= 11 is 1.05. The monoisotopic (exact) mass is 365 g/mol. The lowest BCUT2D eigenvalue weighted by Crippen LogP contribution is -2.32. The van der Waals surface area contributed by atoms with E-state index in [1.165, 1.54) is 6.20 Å². The summed E-state index contributed by atoms with van der Waals surface area (Å²) in [6.45, 7) is 6.00. The normalized spacial score (nSPS) is 11.8. The number of carbonyl (C=O) groups is 2. The second kappa shape index (κ2) is 7.43. The van der Waals surface area contributed by atoms with Crippen molar-refractivity contribution in [1.82, 2.24) is 19.9 Å². The molecule has 9 nitrogen and oxygen atoms in total. The Bertz CT molecular complexity index is 878. The number of aromatic nitrogens is 3. The minimum Gasteiger partial charge on any atom is -0.476 e. The average molecular weight is 365 g/mol. The molecule has 0 bridgehead atoms. The molecule has 10 heteroatoms. The summed E-state index contributed by atoms with van der Waals surface area (Å²) in [6, 6.07) is 0. The molecule has 1 amide bonds. The number of carboxylic acids is 1. The number of ether oxygens (including phenoxy) is 1. The fourth-order valence-electron chi connectivity index (χ4n) is 1.85. The standard InChI is InChI=1S/C15H19N5O4S/c1-15(2,3)24-14(23)17-6-4-5-7-20-10-11(25-13(20)16)19-9(8-18-10)12(21)22/h4-5,8,16H,6-7H2,1-3H3,(H,17,23)(H,21,22). The molecule has 0 saturated carbocycles. The van der Waals surface area contributed by atoms with Gasteiger partial charge in [0.15, 0.2) is 21.0 Å². The first-order chi connectivity index (χ1) is 11.7. The van der Waals surface area contributed by atoms with Crippen LogP contribution in [0.25, 0.3) is 10.5 Å². The van der Waals surface area contributed by atoms with Gasteiger partial charge in [-0.1, -0.05) is 23.5 Å². The lowest BCUT2D eigenvalue weighted by molar-refractivity contribution is 0.0533. The zero-order chi connectivity index (χ0) is 18.6. The van der Waals surface area contributed by atoms with Gasteiger partial charge in [-0.25, -0.2) is 19.6 Å². The molecule has 2 aromatic heterocycles. The van der Waals surface area contributed by atoms with Crippen molar-refractivity contribution in [3.05, 3.63) is 28.8 Å². The van der Waals surface area contributed by atoms with E-state index < -0.39 is 17.7 Å². The highest BCUT2D eigenvalue weighted by molar-refractivity contribution is 7.15. The van der Waals surface area contributed by atoms with E-state index in [4.69, 9.17) is 15.3 Å². The van der Waals surface area contributed by atoms with Gasteiger partial charge in [-0.05, 0) is 20.8 Å². The van der Waals surface area contributed by atoms with Gasteiger partial charge in [-0.15, -0.1) is 0 Å². The van der Waals surface area contributed by atoms with Crippen LogP contribution in [0.5, 0.6) is 0 Å². The average Bonchev–Trinajstić information content (AvgIpc) is 2.80. The first-order valence-electron chi connectivity index (χ1n) is 7.43. The molecule has 0 aliphatic heterocycles. The number of alkyl carbamates (subject to hydrolysis) is 1. The van der Waals surface area contributed by atoms with E-state index in [1.807, 2.05) is 0 Å². The molecule has 0 aliphatic carbocycles. The molecular weight excluding hydrogens is 346 g/mol. The number of amides is 1. The number of thiazole rings is 1. The summed E-state index contributed by atoms with van der Waals surface area (Å²) in [6.07, 6.45) is 4.17. The van der Waals surface area contributed by atoms with Gasteiger partial charge in [0.25, 0.3) is 0 Å². The van der Waals surface area contributed by atoms with Crippen molar-refractivity contribution >= 4 is 33.9 Å². The SMILES string of the molecule is CC(C)(C)OC(=O)NCC=CCn1c(=N)sc2nc(C(=O)O)cnc21. The van der Waals surface area contributed by atoms with E-state index in [0.717, 1.165) is 11.3 Å². The van der Waals surface area contributed by atoms with Crippen LogP contribution in [-0.2, 0) is 11.3 Å². The van der Waals surface area contributed by atoms with Crippen molar-refractivity contribution in [2.75, 3.05) is 6.54 Å². The second-order valence-corrected chi connectivity index (χ2v) is 7.04. The number of fused-ring (bicyclic) bond motifs is 1. The van der Waals surface area contributed by atoms with E-state index >= 15 is 0 Å². The van der Waals surface area contributed by atoms with Crippen LogP contribution >= 0.6 is 11.3 Å². The van der Waals surface area contributed by atoms with E-state index in [0.29, 0.717) is 23.6 Å². The smallest absolute Gasteiger partial charge is 0.407 e. The van der Waals surface area contributed by atoms with E-state index in [2.05, 4.69) is 15.3 Å². The second-order valence-electron chi connectivity index (χ2n) is 6.06. The van der Waals surface area contributed by atoms with Gasteiger partial charge in [-0.3, -0.25) is 9.98 Å². The van der Waals surface area contributed by atoms with Crippen molar-refractivity contribution in [3.63, 3.8) is 0 Å². The van der Waals surface area contributed by atoms with Crippen LogP contribution in [0.1, 0.15) is 31.3 Å². The molecule has 0 unspecified atom stereocenters. The van der Waals surface area contributed by atoms with Gasteiger partial charge in [-0.2, -0.15) is 0 Å². The molecule has 3 N–H and O–H groups in total. The summed E-state index contributed by atoms with van der Waals surface area (Å²) < 4.78 is 6.71. The number of rotatable bonds is 5. The maximum absolute atomic E-state index is 11.5. The number of hydrogen-bond donors (Lipinski definition) is 3. The molecule has 0 aliphatic rings. The Hall–Kier alpha value is -2.75.